The molecule has 0 spiro atoms. The highest BCUT2D eigenvalue weighted by Crippen LogP contribution is 2.29. The third-order valence-electron chi connectivity index (χ3n) is 6.08. The van der Waals surface area contributed by atoms with Crippen molar-refractivity contribution >= 4 is 34.2 Å². The highest BCUT2D eigenvalue weighted by molar-refractivity contribution is 7.17. The smallest absolute Gasteiger partial charge is 0.265 e. The molecule has 8 nitrogen and oxygen atoms in total. The number of hydrogen-bond acceptors (Lipinski definition) is 6. The van der Waals surface area contributed by atoms with Gasteiger partial charge in [0.2, 0.25) is 5.91 Å². The summed E-state index contributed by atoms with van der Waals surface area (Å²) in [6, 6.07) is 11.7. The van der Waals surface area contributed by atoms with Crippen LogP contribution in [0.1, 0.15) is 34.0 Å². The van der Waals surface area contributed by atoms with Crippen LogP contribution in [0.25, 0.3) is 21.6 Å². The van der Waals surface area contributed by atoms with Gasteiger partial charge in [-0.25, -0.2) is 9.97 Å². The molecule has 2 amide bonds. The number of benzene rings is 1. The van der Waals surface area contributed by atoms with Gasteiger partial charge in [0.15, 0.2) is 0 Å². The molecule has 34 heavy (non-hydrogen) atoms. The number of H-pyrrole nitrogens is 1. The second kappa shape index (κ2) is 9.72. The number of nitrogens with zero attached hydrogens (tertiary/aromatic N) is 4. The molecule has 0 radical (unpaired) electrons. The van der Waals surface area contributed by atoms with Crippen LogP contribution in [-0.4, -0.2) is 56.3 Å². The van der Waals surface area contributed by atoms with Crippen LogP contribution in [0.3, 0.4) is 0 Å². The average molecular weight is 475 g/mol. The molecule has 1 saturated heterocycles. The van der Waals surface area contributed by atoms with Crippen molar-refractivity contribution in [3.05, 3.63) is 65.2 Å². The number of rotatable bonds is 6. The Morgan fingerprint density at radius 3 is 2.91 bits per heavy atom. The molecule has 0 bridgehead atoms. The van der Waals surface area contributed by atoms with Gasteiger partial charge in [-0.1, -0.05) is 12.1 Å². The van der Waals surface area contributed by atoms with Crippen LogP contribution in [-0.2, 0) is 11.2 Å². The number of aromatic amines is 1. The largest absolute Gasteiger partial charge is 0.355 e. The number of para-hydroxylation sites is 2. The Labute approximate surface area is 201 Å². The van der Waals surface area contributed by atoms with Gasteiger partial charge in [0.25, 0.3) is 5.91 Å². The summed E-state index contributed by atoms with van der Waals surface area (Å²) in [6.07, 6.45) is 5.68. The molecule has 1 aliphatic heterocycles. The third-order valence-corrected chi connectivity index (χ3v) is 7.27. The Hall–Kier alpha value is -3.59. The fourth-order valence-corrected chi connectivity index (χ4v) is 5.32. The maximum Gasteiger partial charge on any atom is 0.265 e. The van der Waals surface area contributed by atoms with Gasteiger partial charge in [-0.05, 0) is 44.0 Å². The van der Waals surface area contributed by atoms with E-state index in [-0.39, 0.29) is 17.7 Å². The van der Waals surface area contributed by atoms with Gasteiger partial charge in [-0.2, -0.15) is 0 Å². The van der Waals surface area contributed by atoms with Gasteiger partial charge < -0.3 is 15.2 Å². The van der Waals surface area contributed by atoms with E-state index in [4.69, 9.17) is 0 Å². The van der Waals surface area contributed by atoms with E-state index in [9.17, 15) is 9.59 Å². The molecule has 0 saturated carbocycles. The number of nitrogens with one attached hydrogen (secondary N) is 2. The molecule has 9 heteroatoms. The van der Waals surface area contributed by atoms with Crippen molar-refractivity contribution in [3.63, 3.8) is 0 Å². The average Bonchev–Trinajstić information content (AvgIpc) is 3.47. The Bertz CT molecular complexity index is 1280. The molecule has 1 atom stereocenters. The monoisotopic (exact) mass is 474 g/mol. The Morgan fingerprint density at radius 1 is 1.21 bits per heavy atom. The standard InChI is InChI=1S/C25H26N6O2S/c1-16-22(34-24(28-16)17-6-4-11-26-14-17)25(33)31-13-5-7-18(15-31)23(32)27-12-10-21-29-19-8-2-3-9-20(19)30-21/h2-4,6,8-9,11,14,18H,5,7,10,12-13,15H2,1H3,(H,27,32)(H,29,30). The van der Waals surface area contributed by atoms with Crippen LogP contribution in [0.2, 0.25) is 0 Å². The minimum Gasteiger partial charge on any atom is -0.355 e. The van der Waals surface area contributed by atoms with Gasteiger partial charge in [-0.15, -0.1) is 11.3 Å². The molecule has 1 aromatic carbocycles. The molecule has 1 aliphatic rings. The van der Waals surface area contributed by atoms with Crippen molar-refractivity contribution in [1.82, 2.24) is 30.2 Å². The first kappa shape index (κ1) is 22.2. The quantitative estimate of drug-likeness (QED) is 0.444. The summed E-state index contributed by atoms with van der Waals surface area (Å²) >= 11 is 1.38. The summed E-state index contributed by atoms with van der Waals surface area (Å²) in [5, 5.41) is 3.81. The van der Waals surface area contributed by atoms with Gasteiger partial charge in [0.05, 0.1) is 22.6 Å². The van der Waals surface area contributed by atoms with E-state index in [1.165, 1.54) is 11.3 Å². The lowest BCUT2D eigenvalue weighted by Crippen LogP contribution is -2.45. The number of fused-ring (bicyclic) bond motifs is 1. The number of aromatic nitrogens is 4. The molecule has 1 fully saturated rings. The van der Waals surface area contributed by atoms with Crippen LogP contribution < -0.4 is 5.32 Å². The number of likely N-dealkylation sites (tertiary alicyclic amines) is 1. The molecule has 0 aliphatic carbocycles. The van der Waals surface area contributed by atoms with Crippen molar-refractivity contribution in [2.75, 3.05) is 19.6 Å². The lowest BCUT2D eigenvalue weighted by atomic mass is 9.97. The zero-order chi connectivity index (χ0) is 23.5. The fraction of sp³-hybridized carbons (Fsp3) is 0.320. The molecule has 2 N–H and O–H groups in total. The molecule has 4 aromatic rings. The van der Waals surface area contributed by atoms with Gasteiger partial charge in [0, 0.05) is 44.0 Å². The van der Waals surface area contributed by atoms with Gasteiger partial charge >= 0.3 is 0 Å². The Kier molecular flexibility index (Phi) is 6.35. The normalized spacial score (nSPS) is 16.0. The second-order valence-electron chi connectivity index (χ2n) is 8.51. The molecule has 174 valence electrons. The number of imidazole rings is 1. The third kappa shape index (κ3) is 4.70. The summed E-state index contributed by atoms with van der Waals surface area (Å²) in [7, 11) is 0. The van der Waals surface area contributed by atoms with Crippen LogP contribution in [0.5, 0.6) is 0 Å². The van der Waals surface area contributed by atoms with Crippen LogP contribution in [0, 0.1) is 12.8 Å². The number of carbonyl (C=O) groups excluding carboxylic acids is 2. The van der Waals surface area contributed by atoms with Crippen molar-refractivity contribution < 1.29 is 9.59 Å². The summed E-state index contributed by atoms with van der Waals surface area (Å²) in [5.41, 5.74) is 3.53. The predicted octanol–water partition coefficient (Wildman–Crippen LogP) is 3.60. The topological polar surface area (TPSA) is 104 Å². The first-order valence-electron chi connectivity index (χ1n) is 11.5. The molecule has 3 aromatic heterocycles. The number of pyridine rings is 1. The first-order chi connectivity index (χ1) is 16.6. The number of carbonyl (C=O) groups is 2. The number of aryl methyl sites for hydroxylation is 1. The Morgan fingerprint density at radius 2 is 2.09 bits per heavy atom. The molecule has 4 heterocycles. The molecular formula is C25H26N6O2S. The molecule has 1 unspecified atom stereocenters. The van der Waals surface area contributed by atoms with Crippen LogP contribution in [0.15, 0.2) is 48.8 Å². The highest BCUT2D eigenvalue weighted by Gasteiger charge is 2.30. The van der Waals surface area contributed by atoms with E-state index < -0.39 is 0 Å². The van der Waals surface area contributed by atoms with Crippen molar-refractivity contribution in [2.24, 2.45) is 5.92 Å². The van der Waals surface area contributed by atoms with Gasteiger partial charge in [0.1, 0.15) is 15.7 Å². The van der Waals surface area contributed by atoms with Crippen LogP contribution >= 0.6 is 11.3 Å². The van der Waals surface area contributed by atoms with Gasteiger partial charge in [-0.3, -0.25) is 14.6 Å². The number of piperidine rings is 1. The highest BCUT2D eigenvalue weighted by atomic mass is 32.1. The van der Waals surface area contributed by atoms with E-state index in [0.717, 1.165) is 40.3 Å². The van der Waals surface area contributed by atoms with Crippen molar-refractivity contribution in [2.45, 2.75) is 26.2 Å². The number of amides is 2. The summed E-state index contributed by atoms with van der Waals surface area (Å²) in [5.74, 6) is 0.585. The second-order valence-corrected chi connectivity index (χ2v) is 9.51. The SMILES string of the molecule is Cc1nc(-c2cccnc2)sc1C(=O)N1CCCC(C(=O)NCCc2nc3ccccc3[nH]2)C1. The van der Waals surface area contributed by atoms with E-state index in [1.807, 2.05) is 43.3 Å². The van der Waals surface area contributed by atoms with E-state index >= 15 is 0 Å². The lowest BCUT2D eigenvalue weighted by Gasteiger charge is -2.31. The fourth-order valence-electron chi connectivity index (χ4n) is 4.30. The van der Waals surface area contributed by atoms with Crippen LogP contribution in [0.4, 0.5) is 0 Å². The zero-order valence-corrected chi connectivity index (χ0v) is 19.8. The summed E-state index contributed by atoms with van der Waals surface area (Å²) < 4.78 is 0. The first-order valence-corrected chi connectivity index (χ1v) is 12.3. The maximum atomic E-state index is 13.3. The zero-order valence-electron chi connectivity index (χ0n) is 19.0. The van der Waals surface area contributed by atoms with E-state index in [1.54, 1.807) is 17.3 Å². The predicted molar refractivity (Wildman–Crippen MR) is 132 cm³/mol. The maximum absolute atomic E-state index is 13.3. The van der Waals surface area contributed by atoms with E-state index in [2.05, 4.69) is 25.3 Å². The van der Waals surface area contributed by atoms with E-state index in [0.29, 0.717) is 36.6 Å². The minimum atomic E-state index is -0.209. The number of thiazole rings is 1. The minimum absolute atomic E-state index is 0.00862. The Balaban J connectivity index is 1.18. The summed E-state index contributed by atoms with van der Waals surface area (Å²) in [6.45, 7) is 3.44. The summed E-state index contributed by atoms with van der Waals surface area (Å²) in [4.78, 5) is 45.1. The molecular weight excluding hydrogens is 448 g/mol. The lowest BCUT2D eigenvalue weighted by molar-refractivity contribution is -0.126. The van der Waals surface area contributed by atoms with Crippen molar-refractivity contribution in [1.29, 1.82) is 0 Å². The van der Waals surface area contributed by atoms with Crippen molar-refractivity contribution in [3.8, 4) is 10.6 Å². The number of hydrogen-bond donors (Lipinski definition) is 2. The molecule has 5 rings (SSSR count).